The van der Waals surface area contributed by atoms with Crippen LogP contribution in [0.2, 0.25) is 0 Å². The number of benzene rings is 5. The molecule has 8 nitrogen and oxygen atoms in total. The van der Waals surface area contributed by atoms with Crippen molar-refractivity contribution in [3.63, 3.8) is 0 Å². The van der Waals surface area contributed by atoms with Gasteiger partial charge in [-0.3, -0.25) is 0 Å². The largest absolute Gasteiger partial charge is 0.462 e. The van der Waals surface area contributed by atoms with Crippen molar-refractivity contribution in [2.24, 2.45) is 0 Å². The van der Waals surface area contributed by atoms with Crippen molar-refractivity contribution in [1.29, 1.82) is 0 Å². The van der Waals surface area contributed by atoms with Crippen LogP contribution in [0, 0.1) is 6.92 Å². The predicted octanol–water partition coefficient (Wildman–Crippen LogP) is 9.21. The van der Waals surface area contributed by atoms with Gasteiger partial charge < -0.3 is 9.64 Å². The van der Waals surface area contributed by atoms with Crippen LogP contribution in [0.3, 0.4) is 0 Å². The summed E-state index contributed by atoms with van der Waals surface area (Å²) < 4.78 is 12.0. The van der Waals surface area contributed by atoms with Gasteiger partial charge in [0.2, 0.25) is 0 Å². The Morgan fingerprint density at radius 2 is 1.31 bits per heavy atom. The highest BCUT2D eigenvalue weighted by Gasteiger charge is 2.42. The smallest absolute Gasteiger partial charge is 0.343 e. The number of hydrogen-bond donors (Lipinski definition) is 0. The molecule has 5 aromatic carbocycles. The first-order valence-electron chi connectivity index (χ1n) is 17.6. The van der Waals surface area contributed by atoms with Crippen molar-refractivity contribution in [3.8, 4) is 22.5 Å². The summed E-state index contributed by atoms with van der Waals surface area (Å²) in [5.41, 5.74) is 6.89. The van der Waals surface area contributed by atoms with Crippen LogP contribution in [-0.4, -0.2) is 43.7 Å². The second-order valence-electron chi connectivity index (χ2n) is 12.5. The third kappa shape index (κ3) is 6.51. The number of esters is 1. The Bertz CT molecular complexity index is 2140. The van der Waals surface area contributed by atoms with E-state index in [2.05, 4.69) is 131 Å². The molecule has 52 heavy (non-hydrogen) atoms. The minimum Gasteiger partial charge on any atom is -0.462 e. The second-order valence-corrected chi connectivity index (χ2v) is 13.5. The van der Waals surface area contributed by atoms with Gasteiger partial charge >= 0.3 is 5.97 Å². The summed E-state index contributed by atoms with van der Waals surface area (Å²) in [5, 5.41) is 13.8. The number of hydrogen-bond acceptors (Lipinski definition) is 8. The molecule has 0 amide bonds. The molecule has 0 fully saturated rings. The lowest BCUT2D eigenvalue weighted by atomic mass is 9.77. The van der Waals surface area contributed by atoms with Gasteiger partial charge in [-0.1, -0.05) is 146 Å². The summed E-state index contributed by atoms with van der Waals surface area (Å²) >= 11 is 1.34. The fraction of sp³-hybridized carbons (Fsp3) is 0.186. The molecule has 0 unspecified atom stereocenters. The summed E-state index contributed by atoms with van der Waals surface area (Å²) in [5.74, 6) is 1.01. The van der Waals surface area contributed by atoms with E-state index in [4.69, 9.17) is 15.0 Å². The number of aryl methyl sites for hydroxylation is 1. The first kappa shape index (κ1) is 34.5. The highest BCUT2D eigenvalue weighted by atomic mass is 32.1. The van der Waals surface area contributed by atoms with E-state index in [-0.39, 0.29) is 5.97 Å². The van der Waals surface area contributed by atoms with Crippen molar-refractivity contribution in [3.05, 3.63) is 172 Å². The summed E-state index contributed by atoms with van der Waals surface area (Å²) in [4.78, 5) is 15.9. The van der Waals surface area contributed by atoms with Gasteiger partial charge in [-0.2, -0.15) is 4.37 Å². The summed E-state index contributed by atoms with van der Waals surface area (Å²) in [6, 6.07) is 48.1. The number of carbonyl (C=O) groups is 1. The summed E-state index contributed by atoms with van der Waals surface area (Å²) in [6.45, 7) is 7.56. The van der Waals surface area contributed by atoms with Gasteiger partial charge in [0.05, 0.1) is 6.61 Å². The molecule has 0 aliphatic carbocycles. The maximum Gasteiger partial charge on any atom is 0.343 e. The molecular formula is C43H40N6O2S. The Morgan fingerprint density at radius 1 is 0.750 bits per heavy atom. The maximum atomic E-state index is 12.9. The van der Waals surface area contributed by atoms with Crippen molar-refractivity contribution < 1.29 is 9.53 Å². The molecule has 0 aliphatic heterocycles. The quantitative estimate of drug-likeness (QED) is 0.0874. The number of aromatic nitrogens is 5. The fourth-order valence-corrected chi connectivity index (χ4v) is 7.67. The van der Waals surface area contributed by atoms with Gasteiger partial charge in [0.1, 0.15) is 11.1 Å². The Hall–Kier alpha value is -5.93. The Morgan fingerprint density at radius 3 is 1.87 bits per heavy atom. The van der Waals surface area contributed by atoms with Crippen molar-refractivity contribution in [2.45, 2.75) is 39.3 Å². The van der Waals surface area contributed by atoms with E-state index in [9.17, 15) is 4.79 Å². The molecule has 260 valence electrons. The van der Waals surface area contributed by atoms with Crippen molar-refractivity contribution in [1.82, 2.24) is 24.6 Å². The number of tetrazole rings is 1. The Balaban J connectivity index is 1.30. The standard InChI is InChI=1S/C43H40N6O2S/c1-4-29-48(41-39(31(3)52-45-41)42(50)51-5-2)30-32-25-27-33(28-26-32)37-23-15-16-24-38(37)40-44-46-47-49(40)43(34-17-9-6-10-18-34,35-19-11-7-12-20-35)36-21-13-8-14-22-36/h6-28H,4-5,29-30H2,1-3H3. The topological polar surface area (TPSA) is 86.0 Å². The van der Waals surface area contributed by atoms with Crippen LogP contribution in [0.25, 0.3) is 22.5 Å². The molecule has 0 radical (unpaired) electrons. The van der Waals surface area contributed by atoms with E-state index in [1.807, 2.05) is 48.9 Å². The average molecular weight is 705 g/mol. The minimum absolute atomic E-state index is 0.322. The van der Waals surface area contributed by atoms with Gasteiger partial charge in [-0.05, 0) is 75.6 Å². The minimum atomic E-state index is -0.862. The van der Waals surface area contributed by atoms with E-state index in [0.29, 0.717) is 30.4 Å². The molecule has 0 bridgehead atoms. The zero-order chi connectivity index (χ0) is 35.9. The normalized spacial score (nSPS) is 11.4. The van der Waals surface area contributed by atoms with Gasteiger partial charge in [0.25, 0.3) is 0 Å². The summed E-state index contributed by atoms with van der Waals surface area (Å²) in [7, 11) is 0. The van der Waals surface area contributed by atoms with Crippen LogP contribution in [0.1, 0.15) is 57.8 Å². The molecule has 7 rings (SSSR count). The molecule has 0 spiro atoms. The molecule has 0 N–H and O–H groups in total. The monoisotopic (exact) mass is 704 g/mol. The van der Waals surface area contributed by atoms with E-state index >= 15 is 0 Å². The molecule has 2 heterocycles. The lowest BCUT2D eigenvalue weighted by Crippen LogP contribution is -2.39. The van der Waals surface area contributed by atoms with Crippen LogP contribution >= 0.6 is 11.5 Å². The summed E-state index contributed by atoms with van der Waals surface area (Å²) in [6.07, 6.45) is 0.912. The van der Waals surface area contributed by atoms with Crippen LogP contribution in [0.5, 0.6) is 0 Å². The molecule has 2 aromatic heterocycles. The van der Waals surface area contributed by atoms with Crippen molar-refractivity contribution >= 4 is 23.3 Å². The number of anilines is 1. The molecular weight excluding hydrogens is 665 g/mol. The number of carbonyl (C=O) groups excluding carboxylic acids is 1. The van der Waals surface area contributed by atoms with Crippen LogP contribution in [-0.2, 0) is 16.8 Å². The Labute approximate surface area is 308 Å². The second kappa shape index (κ2) is 15.5. The third-order valence-electron chi connectivity index (χ3n) is 9.29. The third-order valence-corrected chi connectivity index (χ3v) is 10.0. The molecule has 9 heteroatoms. The van der Waals surface area contributed by atoms with E-state index < -0.39 is 5.54 Å². The van der Waals surface area contributed by atoms with E-state index in [1.165, 1.54) is 11.5 Å². The average Bonchev–Trinajstić information content (AvgIpc) is 3.84. The lowest BCUT2D eigenvalue weighted by molar-refractivity contribution is 0.0526. The first-order chi connectivity index (χ1) is 25.6. The fourth-order valence-electron chi connectivity index (χ4n) is 6.97. The van der Waals surface area contributed by atoms with Crippen molar-refractivity contribution in [2.75, 3.05) is 18.1 Å². The molecule has 0 saturated carbocycles. The van der Waals surface area contributed by atoms with E-state index in [1.54, 1.807) is 0 Å². The molecule has 0 atom stereocenters. The van der Waals surface area contributed by atoms with Crippen LogP contribution < -0.4 is 4.90 Å². The zero-order valence-electron chi connectivity index (χ0n) is 29.5. The first-order valence-corrected chi connectivity index (χ1v) is 18.4. The maximum absolute atomic E-state index is 12.9. The molecule has 0 saturated heterocycles. The zero-order valence-corrected chi connectivity index (χ0v) is 30.3. The Kier molecular flexibility index (Phi) is 10.3. The molecule has 0 aliphatic rings. The van der Waals surface area contributed by atoms with E-state index in [0.717, 1.165) is 56.8 Å². The van der Waals surface area contributed by atoms with Gasteiger partial charge in [0.15, 0.2) is 11.6 Å². The SMILES string of the molecule is CCCN(Cc1ccc(-c2ccccc2-c2nnnn2C(c2ccccc2)(c2ccccc2)c2ccccc2)cc1)c1nsc(C)c1C(=O)OCC. The van der Waals surface area contributed by atoms with Gasteiger partial charge in [-0.15, -0.1) is 5.10 Å². The highest BCUT2D eigenvalue weighted by Crippen LogP contribution is 2.43. The highest BCUT2D eigenvalue weighted by molar-refractivity contribution is 7.06. The number of nitrogens with zero attached hydrogens (tertiary/aromatic N) is 6. The van der Waals surface area contributed by atoms with Gasteiger partial charge in [-0.25, -0.2) is 9.48 Å². The number of rotatable bonds is 13. The number of ether oxygens (including phenoxy) is 1. The molecule has 7 aromatic rings. The van der Waals surface area contributed by atoms with Gasteiger partial charge in [0, 0.05) is 23.5 Å². The van der Waals surface area contributed by atoms with Crippen LogP contribution in [0.15, 0.2) is 140 Å². The van der Waals surface area contributed by atoms with Crippen LogP contribution in [0.4, 0.5) is 5.82 Å². The predicted molar refractivity (Wildman–Crippen MR) is 207 cm³/mol. The lowest BCUT2D eigenvalue weighted by Gasteiger charge is -2.36.